The minimum atomic E-state index is -0.277. The number of carbonyl (C=O) groups excluding carboxylic acids is 2. The van der Waals surface area contributed by atoms with Gasteiger partial charge in [0.25, 0.3) is 0 Å². The van der Waals surface area contributed by atoms with E-state index in [2.05, 4.69) is 5.32 Å². The molecule has 4 heteroatoms. The monoisotopic (exact) mass is 305 g/mol. The number of amides is 1. The van der Waals surface area contributed by atoms with Gasteiger partial charge in [0, 0.05) is 18.0 Å². The van der Waals surface area contributed by atoms with Crippen molar-refractivity contribution in [3.8, 4) is 0 Å². The number of carbonyl (C=O) groups is 2. The standard InChI is InChI=1S/C17H20ClNO2/c1-2-19-17(21)14(9-5-6-10-18)15-11-16(20)13-8-4-3-7-12(13)15/h3-4,7-8,11,14H,2,5-6,9-10H2,1H3,(H,19,21). The molecule has 21 heavy (non-hydrogen) atoms. The summed E-state index contributed by atoms with van der Waals surface area (Å²) in [6, 6.07) is 7.48. The second kappa shape index (κ2) is 7.41. The van der Waals surface area contributed by atoms with E-state index in [4.69, 9.17) is 11.6 Å². The Labute approximate surface area is 130 Å². The Morgan fingerprint density at radius 2 is 1.95 bits per heavy atom. The van der Waals surface area contributed by atoms with Gasteiger partial charge in [0.1, 0.15) is 0 Å². The summed E-state index contributed by atoms with van der Waals surface area (Å²) in [6.45, 7) is 2.49. The highest BCUT2D eigenvalue weighted by atomic mass is 35.5. The minimum Gasteiger partial charge on any atom is -0.356 e. The van der Waals surface area contributed by atoms with Crippen LogP contribution in [-0.2, 0) is 4.79 Å². The van der Waals surface area contributed by atoms with Crippen LogP contribution in [0.15, 0.2) is 30.3 Å². The fourth-order valence-electron chi connectivity index (χ4n) is 2.70. The van der Waals surface area contributed by atoms with Crippen LogP contribution in [0.2, 0.25) is 0 Å². The first kappa shape index (κ1) is 15.8. The molecule has 1 aromatic carbocycles. The van der Waals surface area contributed by atoms with Crippen molar-refractivity contribution in [2.75, 3.05) is 12.4 Å². The third-order valence-corrected chi connectivity index (χ3v) is 3.98. The summed E-state index contributed by atoms with van der Waals surface area (Å²) in [5.41, 5.74) is 2.43. The van der Waals surface area contributed by atoms with E-state index < -0.39 is 0 Å². The predicted octanol–water partition coefficient (Wildman–Crippen LogP) is 3.43. The second-order valence-corrected chi connectivity index (χ2v) is 5.52. The van der Waals surface area contributed by atoms with Crippen molar-refractivity contribution in [3.05, 3.63) is 41.5 Å². The fraction of sp³-hybridized carbons (Fsp3) is 0.412. The highest BCUT2D eigenvalue weighted by Gasteiger charge is 2.30. The third kappa shape index (κ3) is 3.53. The van der Waals surface area contributed by atoms with Crippen LogP contribution in [0, 0.1) is 5.92 Å². The SMILES string of the molecule is CCNC(=O)C(CCCCCl)C1=CC(=O)c2ccccc21. The lowest BCUT2D eigenvalue weighted by Crippen LogP contribution is -2.31. The van der Waals surface area contributed by atoms with Gasteiger partial charge in [0.15, 0.2) is 5.78 Å². The molecule has 0 saturated carbocycles. The van der Waals surface area contributed by atoms with E-state index in [1.165, 1.54) is 0 Å². The van der Waals surface area contributed by atoms with E-state index in [0.717, 1.165) is 24.0 Å². The molecule has 0 saturated heterocycles. The Kier molecular flexibility index (Phi) is 5.57. The fourth-order valence-corrected chi connectivity index (χ4v) is 2.89. The molecule has 0 heterocycles. The van der Waals surface area contributed by atoms with Crippen molar-refractivity contribution in [1.29, 1.82) is 0 Å². The van der Waals surface area contributed by atoms with Crippen LogP contribution < -0.4 is 5.32 Å². The van der Waals surface area contributed by atoms with Crippen molar-refractivity contribution in [1.82, 2.24) is 5.32 Å². The predicted molar refractivity (Wildman–Crippen MR) is 85.5 cm³/mol. The first-order chi connectivity index (χ1) is 10.2. The van der Waals surface area contributed by atoms with Crippen LogP contribution in [-0.4, -0.2) is 24.1 Å². The van der Waals surface area contributed by atoms with Crippen LogP contribution in [0.3, 0.4) is 0 Å². The number of alkyl halides is 1. The van der Waals surface area contributed by atoms with Crippen molar-refractivity contribution in [2.24, 2.45) is 5.92 Å². The zero-order valence-corrected chi connectivity index (χ0v) is 13.0. The summed E-state index contributed by atoms with van der Waals surface area (Å²) in [6.07, 6.45) is 4.08. The Bertz CT molecular complexity index is 566. The van der Waals surface area contributed by atoms with Crippen LogP contribution >= 0.6 is 11.6 Å². The normalized spacial score (nSPS) is 14.6. The van der Waals surface area contributed by atoms with E-state index >= 15 is 0 Å². The van der Waals surface area contributed by atoms with Gasteiger partial charge in [0.05, 0.1) is 5.92 Å². The highest BCUT2D eigenvalue weighted by Crippen LogP contribution is 2.35. The molecular weight excluding hydrogens is 286 g/mol. The van der Waals surface area contributed by atoms with Gasteiger partial charge in [-0.15, -0.1) is 11.6 Å². The van der Waals surface area contributed by atoms with Crippen molar-refractivity contribution >= 4 is 28.9 Å². The summed E-state index contributed by atoms with van der Waals surface area (Å²) in [4.78, 5) is 24.4. The molecule has 2 rings (SSSR count). The largest absolute Gasteiger partial charge is 0.356 e. The van der Waals surface area contributed by atoms with Crippen LogP contribution in [0.5, 0.6) is 0 Å². The lowest BCUT2D eigenvalue weighted by Gasteiger charge is -2.18. The molecular formula is C17H20ClNO2. The summed E-state index contributed by atoms with van der Waals surface area (Å²) in [5.74, 6) is 0.298. The van der Waals surface area contributed by atoms with E-state index in [9.17, 15) is 9.59 Å². The van der Waals surface area contributed by atoms with E-state index in [1.807, 2.05) is 31.2 Å². The smallest absolute Gasteiger partial charge is 0.227 e. The number of hydrogen-bond acceptors (Lipinski definition) is 2. The van der Waals surface area contributed by atoms with E-state index in [1.54, 1.807) is 6.08 Å². The molecule has 3 nitrogen and oxygen atoms in total. The van der Waals surface area contributed by atoms with Crippen LogP contribution in [0.4, 0.5) is 0 Å². The number of halogens is 1. The number of unbranched alkanes of at least 4 members (excludes halogenated alkanes) is 1. The van der Waals surface area contributed by atoms with Gasteiger partial charge >= 0.3 is 0 Å². The van der Waals surface area contributed by atoms with Gasteiger partial charge in [-0.05, 0) is 37.0 Å². The molecule has 0 radical (unpaired) electrons. The maximum atomic E-state index is 12.3. The number of hydrogen-bond donors (Lipinski definition) is 1. The Morgan fingerprint density at radius 3 is 2.62 bits per heavy atom. The van der Waals surface area contributed by atoms with Gasteiger partial charge in [-0.3, -0.25) is 9.59 Å². The number of nitrogens with one attached hydrogen (secondary N) is 1. The molecule has 0 aliphatic heterocycles. The lowest BCUT2D eigenvalue weighted by molar-refractivity contribution is -0.123. The summed E-state index contributed by atoms with van der Waals surface area (Å²) < 4.78 is 0. The van der Waals surface area contributed by atoms with Gasteiger partial charge < -0.3 is 5.32 Å². The Balaban J connectivity index is 2.26. The molecule has 0 fully saturated rings. The van der Waals surface area contributed by atoms with E-state index in [0.29, 0.717) is 24.4 Å². The van der Waals surface area contributed by atoms with Crippen LogP contribution in [0.1, 0.15) is 42.1 Å². The molecule has 1 N–H and O–H groups in total. The summed E-state index contributed by atoms with van der Waals surface area (Å²) in [5, 5.41) is 2.87. The van der Waals surface area contributed by atoms with Gasteiger partial charge in [-0.25, -0.2) is 0 Å². The summed E-state index contributed by atoms with van der Waals surface area (Å²) >= 11 is 5.72. The van der Waals surface area contributed by atoms with Crippen molar-refractivity contribution in [2.45, 2.75) is 26.2 Å². The molecule has 0 spiro atoms. The first-order valence-corrected chi connectivity index (χ1v) is 7.91. The molecule has 1 unspecified atom stereocenters. The Morgan fingerprint density at radius 1 is 1.24 bits per heavy atom. The molecule has 1 atom stereocenters. The molecule has 1 aliphatic carbocycles. The lowest BCUT2D eigenvalue weighted by atomic mass is 9.89. The van der Waals surface area contributed by atoms with Crippen molar-refractivity contribution < 1.29 is 9.59 Å². The van der Waals surface area contributed by atoms with Gasteiger partial charge in [-0.2, -0.15) is 0 Å². The molecule has 1 amide bonds. The molecule has 112 valence electrons. The third-order valence-electron chi connectivity index (χ3n) is 3.71. The maximum absolute atomic E-state index is 12.3. The van der Waals surface area contributed by atoms with Gasteiger partial charge in [0.2, 0.25) is 5.91 Å². The number of allylic oxidation sites excluding steroid dienone is 1. The zero-order valence-electron chi connectivity index (χ0n) is 12.2. The summed E-state index contributed by atoms with van der Waals surface area (Å²) in [7, 11) is 0. The number of ketones is 1. The van der Waals surface area contributed by atoms with E-state index in [-0.39, 0.29) is 17.6 Å². The highest BCUT2D eigenvalue weighted by molar-refractivity contribution is 6.18. The maximum Gasteiger partial charge on any atom is 0.227 e. The second-order valence-electron chi connectivity index (χ2n) is 5.14. The topological polar surface area (TPSA) is 46.2 Å². The molecule has 0 bridgehead atoms. The van der Waals surface area contributed by atoms with Crippen molar-refractivity contribution in [3.63, 3.8) is 0 Å². The molecule has 1 aliphatic rings. The Hall–Kier alpha value is -1.61. The molecule has 0 aromatic heterocycles. The van der Waals surface area contributed by atoms with Gasteiger partial charge in [-0.1, -0.05) is 30.7 Å². The number of fused-ring (bicyclic) bond motifs is 1. The zero-order chi connectivity index (χ0) is 15.2. The molecule has 1 aromatic rings. The van der Waals surface area contributed by atoms with Crippen LogP contribution in [0.25, 0.3) is 5.57 Å². The average molecular weight is 306 g/mol. The average Bonchev–Trinajstić information content (AvgIpc) is 2.81. The number of benzene rings is 1. The quantitative estimate of drug-likeness (QED) is 0.619. The minimum absolute atomic E-state index is 0.00718. The number of rotatable bonds is 7. The first-order valence-electron chi connectivity index (χ1n) is 7.38.